The fourth-order valence-corrected chi connectivity index (χ4v) is 3.60. The number of carbonyl (C=O) groups is 1. The molecule has 0 spiro atoms. The van der Waals surface area contributed by atoms with Gasteiger partial charge in [0.1, 0.15) is 11.9 Å². The van der Waals surface area contributed by atoms with Gasteiger partial charge in [-0.05, 0) is 18.6 Å². The van der Waals surface area contributed by atoms with Crippen LogP contribution in [-0.2, 0) is 14.6 Å². The van der Waals surface area contributed by atoms with Gasteiger partial charge in [0.25, 0.3) is 0 Å². The SMILES string of the molecule is N#Cc1ccc(NCC(=O)NC2CCS(=O)(=O)C2)nc1. The van der Waals surface area contributed by atoms with Gasteiger partial charge in [0, 0.05) is 12.2 Å². The van der Waals surface area contributed by atoms with Crippen LogP contribution in [0.25, 0.3) is 0 Å². The largest absolute Gasteiger partial charge is 0.361 e. The molecule has 1 fully saturated rings. The number of nitrogens with zero attached hydrogens (tertiary/aromatic N) is 2. The molecule has 1 aliphatic heterocycles. The van der Waals surface area contributed by atoms with Crippen molar-refractivity contribution in [2.45, 2.75) is 12.5 Å². The molecule has 0 bridgehead atoms. The van der Waals surface area contributed by atoms with Crippen LogP contribution in [0.3, 0.4) is 0 Å². The van der Waals surface area contributed by atoms with Gasteiger partial charge in [0.05, 0.1) is 23.6 Å². The molecule has 1 atom stereocenters. The number of carbonyl (C=O) groups excluding carboxylic acids is 1. The third kappa shape index (κ3) is 3.93. The Bertz CT molecular complexity index is 634. The topological polar surface area (TPSA) is 112 Å². The van der Waals surface area contributed by atoms with Gasteiger partial charge in [-0.15, -0.1) is 0 Å². The fourth-order valence-electron chi connectivity index (χ4n) is 1.92. The van der Waals surface area contributed by atoms with Crippen molar-refractivity contribution in [3.8, 4) is 6.07 Å². The van der Waals surface area contributed by atoms with Crippen LogP contribution in [0.1, 0.15) is 12.0 Å². The second kappa shape index (κ2) is 5.88. The summed E-state index contributed by atoms with van der Waals surface area (Å²) in [6.07, 6.45) is 1.87. The van der Waals surface area contributed by atoms with Crippen LogP contribution in [0, 0.1) is 11.3 Å². The Morgan fingerprint density at radius 1 is 1.50 bits per heavy atom. The van der Waals surface area contributed by atoms with Crippen molar-refractivity contribution in [3.05, 3.63) is 23.9 Å². The van der Waals surface area contributed by atoms with Crippen LogP contribution in [0.15, 0.2) is 18.3 Å². The highest BCUT2D eigenvalue weighted by Gasteiger charge is 2.28. The lowest BCUT2D eigenvalue weighted by atomic mass is 10.2. The maximum atomic E-state index is 11.7. The smallest absolute Gasteiger partial charge is 0.239 e. The van der Waals surface area contributed by atoms with Gasteiger partial charge in [-0.2, -0.15) is 5.26 Å². The van der Waals surface area contributed by atoms with Crippen molar-refractivity contribution in [2.75, 3.05) is 23.4 Å². The van der Waals surface area contributed by atoms with E-state index in [0.29, 0.717) is 17.8 Å². The van der Waals surface area contributed by atoms with Crippen LogP contribution in [0.5, 0.6) is 0 Å². The number of aromatic nitrogens is 1. The maximum absolute atomic E-state index is 11.7. The van der Waals surface area contributed by atoms with Crippen molar-refractivity contribution < 1.29 is 13.2 Å². The zero-order chi connectivity index (χ0) is 14.6. The number of nitrogens with one attached hydrogen (secondary N) is 2. The molecular formula is C12H14N4O3S. The number of hydrogen-bond acceptors (Lipinski definition) is 6. The lowest BCUT2D eigenvalue weighted by molar-refractivity contribution is -0.119. The van der Waals surface area contributed by atoms with Crippen molar-refractivity contribution in [1.82, 2.24) is 10.3 Å². The molecule has 1 amide bonds. The minimum Gasteiger partial charge on any atom is -0.361 e. The van der Waals surface area contributed by atoms with Crippen molar-refractivity contribution >= 4 is 21.6 Å². The van der Waals surface area contributed by atoms with E-state index >= 15 is 0 Å². The number of rotatable bonds is 4. The summed E-state index contributed by atoms with van der Waals surface area (Å²) in [5.41, 5.74) is 0.441. The molecule has 1 aliphatic rings. The van der Waals surface area contributed by atoms with E-state index in [9.17, 15) is 13.2 Å². The minimum absolute atomic E-state index is 0.00779. The van der Waals surface area contributed by atoms with Crippen LogP contribution < -0.4 is 10.6 Å². The standard InChI is InChI=1S/C12H14N4O3S/c13-5-9-1-2-11(14-6-9)15-7-12(17)16-10-3-4-20(18,19)8-10/h1-2,6,10H,3-4,7-8H2,(H,14,15)(H,16,17). The number of anilines is 1. The summed E-state index contributed by atoms with van der Waals surface area (Å²) in [5.74, 6) is 0.340. The molecular weight excluding hydrogens is 280 g/mol. The minimum atomic E-state index is -2.99. The van der Waals surface area contributed by atoms with Crippen LogP contribution in [0.2, 0.25) is 0 Å². The Hall–Kier alpha value is -2.14. The van der Waals surface area contributed by atoms with E-state index in [1.807, 2.05) is 6.07 Å². The third-order valence-corrected chi connectivity index (χ3v) is 4.69. The predicted molar refractivity (Wildman–Crippen MR) is 72.6 cm³/mol. The lowest BCUT2D eigenvalue weighted by Crippen LogP contribution is -2.39. The first-order valence-electron chi connectivity index (χ1n) is 6.08. The Kier molecular flexibility index (Phi) is 4.20. The van der Waals surface area contributed by atoms with Gasteiger partial charge in [0.2, 0.25) is 5.91 Å². The molecule has 1 saturated heterocycles. The van der Waals surface area contributed by atoms with E-state index in [1.54, 1.807) is 12.1 Å². The number of nitriles is 1. The molecule has 1 aromatic rings. The third-order valence-electron chi connectivity index (χ3n) is 2.92. The average molecular weight is 294 g/mol. The highest BCUT2D eigenvalue weighted by molar-refractivity contribution is 7.91. The Labute approximate surface area is 116 Å². The highest BCUT2D eigenvalue weighted by Crippen LogP contribution is 2.11. The van der Waals surface area contributed by atoms with Crippen molar-refractivity contribution in [1.29, 1.82) is 5.26 Å². The molecule has 0 aliphatic carbocycles. The quantitative estimate of drug-likeness (QED) is 0.786. The zero-order valence-corrected chi connectivity index (χ0v) is 11.5. The summed E-state index contributed by atoms with van der Waals surface area (Å²) in [7, 11) is -2.99. The number of pyridine rings is 1. The summed E-state index contributed by atoms with van der Waals surface area (Å²) < 4.78 is 22.5. The van der Waals surface area contributed by atoms with E-state index in [0.717, 1.165) is 0 Å². The number of amides is 1. The van der Waals surface area contributed by atoms with Crippen molar-refractivity contribution in [3.63, 3.8) is 0 Å². The van der Waals surface area contributed by atoms with Gasteiger partial charge in [-0.3, -0.25) is 4.79 Å². The molecule has 20 heavy (non-hydrogen) atoms. The molecule has 0 saturated carbocycles. The first-order valence-corrected chi connectivity index (χ1v) is 7.90. The zero-order valence-electron chi connectivity index (χ0n) is 10.7. The number of sulfone groups is 1. The second-order valence-electron chi connectivity index (χ2n) is 4.56. The molecule has 0 aromatic carbocycles. The lowest BCUT2D eigenvalue weighted by Gasteiger charge is -2.11. The van der Waals surface area contributed by atoms with Crippen LogP contribution in [0.4, 0.5) is 5.82 Å². The average Bonchev–Trinajstić information content (AvgIpc) is 2.76. The number of hydrogen-bond donors (Lipinski definition) is 2. The fraction of sp³-hybridized carbons (Fsp3) is 0.417. The predicted octanol–water partition coefficient (Wildman–Crippen LogP) is -0.332. The van der Waals surface area contributed by atoms with E-state index in [1.165, 1.54) is 6.20 Å². The van der Waals surface area contributed by atoms with Gasteiger partial charge in [-0.1, -0.05) is 0 Å². The van der Waals surface area contributed by atoms with Crippen molar-refractivity contribution in [2.24, 2.45) is 0 Å². The van der Waals surface area contributed by atoms with E-state index in [-0.39, 0.29) is 30.0 Å². The summed E-state index contributed by atoms with van der Waals surface area (Å²) in [4.78, 5) is 15.6. The second-order valence-corrected chi connectivity index (χ2v) is 6.79. The Morgan fingerprint density at radius 3 is 2.85 bits per heavy atom. The molecule has 1 unspecified atom stereocenters. The Balaban J connectivity index is 1.79. The Morgan fingerprint density at radius 2 is 2.30 bits per heavy atom. The van der Waals surface area contributed by atoms with Gasteiger partial charge in [-0.25, -0.2) is 13.4 Å². The molecule has 2 rings (SSSR count). The first kappa shape index (κ1) is 14.3. The van der Waals surface area contributed by atoms with Gasteiger partial charge in [0.15, 0.2) is 9.84 Å². The van der Waals surface area contributed by atoms with Gasteiger partial charge < -0.3 is 10.6 Å². The van der Waals surface area contributed by atoms with E-state index in [2.05, 4.69) is 15.6 Å². The summed E-state index contributed by atoms with van der Waals surface area (Å²) in [6.45, 7) is 0.00937. The molecule has 1 aromatic heterocycles. The molecule has 106 valence electrons. The first-order chi connectivity index (χ1) is 9.48. The molecule has 0 radical (unpaired) electrons. The summed E-state index contributed by atoms with van der Waals surface area (Å²) >= 11 is 0. The van der Waals surface area contributed by atoms with E-state index in [4.69, 9.17) is 5.26 Å². The molecule has 7 nitrogen and oxygen atoms in total. The molecule has 2 heterocycles. The van der Waals surface area contributed by atoms with Crippen LogP contribution >= 0.6 is 0 Å². The normalized spacial score (nSPS) is 20.1. The maximum Gasteiger partial charge on any atom is 0.239 e. The summed E-state index contributed by atoms with van der Waals surface area (Å²) in [6, 6.07) is 4.84. The molecule has 8 heteroatoms. The summed E-state index contributed by atoms with van der Waals surface area (Å²) in [5, 5.41) is 14.1. The molecule has 2 N–H and O–H groups in total. The monoisotopic (exact) mass is 294 g/mol. The highest BCUT2D eigenvalue weighted by atomic mass is 32.2. The van der Waals surface area contributed by atoms with Crippen LogP contribution in [-0.4, -0.2) is 43.4 Å². The van der Waals surface area contributed by atoms with Gasteiger partial charge >= 0.3 is 0 Å². The van der Waals surface area contributed by atoms with E-state index < -0.39 is 9.84 Å².